The smallest absolute Gasteiger partial charge is 0.215 e. The largest absolute Gasteiger partial charge is 0.215 e. The van der Waals surface area contributed by atoms with Crippen molar-refractivity contribution in [2.45, 2.75) is 18.6 Å². The van der Waals surface area contributed by atoms with Gasteiger partial charge in [-0.2, -0.15) is 0 Å². The van der Waals surface area contributed by atoms with Crippen molar-refractivity contribution in [2.24, 2.45) is 0 Å². The van der Waals surface area contributed by atoms with Gasteiger partial charge in [0.1, 0.15) is 0 Å². The number of terminal acetylenes is 1. The molecule has 0 bridgehead atoms. The Morgan fingerprint density at radius 3 is 2.56 bits per heavy atom. The van der Waals surface area contributed by atoms with Crippen LogP contribution >= 0.6 is 0 Å². The van der Waals surface area contributed by atoms with Crippen LogP contribution in [0.4, 0.5) is 0 Å². The summed E-state index contributed by atoms with van der Waals surface area (Å²) in [6.45, 7) is 0.402. The maximum absolute atomic E-state index is 11.6. The van der Waals surface area contributed by atoms with Crippen molar-refractivity contribution in [3.05, 3.63) is 35.9 Å². The van der Waals surface area contributed by atoms with E-state index in [4.69, 9.17) is 6.42 Å². The molecule has 1 rings (SSSR count). The van der Waals surface area contributed by atoms with E-state index >= 15 is 0 Å². The van der Waals surface area contributed by atoms with Gasteiger partial charge in [-0.05, 0) is 12.0 Å². The van der Waals surface area contributed by atoms with Gasteiger partial charge in [0.2, 0.25) is 10.0 Å². The van der Waals surface area contributed by atoms with E-state index in [-0.39, 0.29) is 5.75 Å². The van der Waals surface area contributed by atoms with Crippen LogP contribution in [0.25, 0.3) is 0 Å². The molecule has 0 amide bonds. The summed E-state index contributed by atoms with van der Waals surface area (Å²) in [5.41, 5.74) is 0.784. The van der Waals surface area contributed by atoms with Crippen LogP contribution in [0.3, 0.4) is 0 Å². The molecule has 0 radical (unpaired) electrons. The van der Waals surface area contributed by atoms with E-state index in [1.807, 2.05) is 18.2 Å². The first kappa shape index (κ1) is 12.8. The van der Waals surface area contributed by atoms with E-state index in [1.165, 1.54) is 0 Å². The number of nitrogens with one attached hydrogen (secondary N) is 1. The van der Waals surface area contributed by atoms with Crippen molar-refractivity contribution >= 4 is 10.0 Å². The number of unbranched alkanes of at least 4 members (excludes halogenated alkanes) is 1. The molecule has 0 aliphatic heterocycles. The third-order valence-corrected chi connectivity index (χ3v) is 3.38. The molecule has 16 heavy (non-hydrogen) atoms. The Kier molecular flexibility index (Phi) is 5.03. The molecular weight excluding hydrogens is 222 g/mol. The monoisotopic (exact) mass is 237 g/mol. The molecule has 3 nitrogen and oxygen atoms in total. The number of hydrogen-bond acceptors (Lipinski definition) is 2. The van der Waals surface area contributed by atoms with Crippen LogP contribution in [0.2, 0.25) is 0 Å². The van der Waals surface area contributed by atoms with Crippen molar-refractivity contribution in [2.75, 3.05) is 6.54 Å². The Hall–Kier alpha value is -1.31. The molecule has 0 unspecified atom stereocenters. The molecule has 0 spiro atoms. The van der Waals surface area contributed by atoms with E-state index in [1.54, 1.807) is 12.1 Å². The first-order valence-corrected chi connectivity index (χ1v) is 6.74. The molecular formula is C12H15NO2S. The predicted octanol–water partition coefficient (Wildman–Crippen LogP) is 1.52. The Morgan fingerprint density at radius 2 is 1.94 bits per heavy atom. The molecule has 0 aliphatic rings. The average Bonchev–Trinajstić information content (AvgIpc) is 2.25. The second-order valence-corrected chi connectivity index (χ2v) is 5.25. The summed E-state index contributed by atoms with van der Waals surface area (Å²) in [7, 11) is -3.23. The third kappa shape index (κ3) is 4.96. The standard InChI is InChI=1S/C12H15NO2S/c1-2-3-7-10-13-16(14,15)11-12-8-5-4-6-9-12/h1,4-6,8-9,13H,3,7,10-11H2. The lowest BCUT2D eigenvalue weighted by Gasteiger charge is -2.05. The highest BCUT2D eigenvalue weighted by atomic mass is 32.2. The average molecular weight is 237 g/mol. The number of hydrogen-bond donors (Lipinski definition) is 1. The zero-order chi connectivity index (χ0) is 11.9. The van der Waals surface area contributed by atoms with E-state index < -0.39 is 10.0 Å². The van der Waals surface area contributed by atoms with Crippen molar-refractivity contribution in [3.63, 3.8) is 0 Å². The number of sulfonamides is 1. The molecule has 1 N–H and O–H groups in total. The van der Waals surface area contributed by atoms with Crippen LogP contribution in [0.5, 0.6) is 0 Å². The van der Waals surface area contributed by atoms with Gasteiger partial charge in [0.05, 0.1) is 5.75 Å². The highest BCUT2D eigenvalue weighted by molar-refractivity contribution is 7.88. The predicted molar refractivity (Wildman–Crippen MR) is 65.1 cm³/mol. The van der Waals surface area contributed by atoms with Crippen LogP contribution in [-0.4, -0.2) is 15.0 Å². The van der Waals surface area contributed by atoms with Crippen LogP contribution in [0, 0.1) is 12.3 Å². The molecule has 86 valence electrons. The number of rotatable bonds is 6. The lowest BCUT2D eigenvalue weighted by molar-refractivity contribution is 0.579. The van der Waals surface area contributed by atoms with Crippen LogP contribution in [0.15, 0.2) is 30.3 Å². The third-order valence-electron chi connectivity index (χ3n) is 2.02. The Balaban J connectivity index is 2.44. The fourth-order valence-corrected chi connectivity index (χ4v) is 2.45. The molecule has 1 aromatic rings. The second-order valence-electron chi connectivity index (χ2n) is 3.45. The second kappa shape index (κ2) is 6.31. The first-order valence-electron chi connectivity index (χ1n) is 5.09. The molecule has 0 aromatic heterocycles. The summed E-state index contributed by atoms with van der Waals surface area (Å²) in [4.78, 5) is 0. The van der Waals surface area contributed by atoms with Gasteiger partial charge in [-0.15, -0.1) is 12.3 Å². The van der Waals surface area contributed by atoms with Gasteiger partial charge < -0.3 is 0 Å². The van der Waals surface area contributed by atoms with Crippen molar-refractivity contribution in [1.29, 1.82) is 0 Å². The van der Waals surface area contributed by atoms with E-state index in [0.29, 0.717) is 19.4 Å². The Labute approximate surface area is 96.9 Å². The minimum atomic E-state index is -3.23. The number of benzene rings is 1. The van der Waals surface area contributed by atoms with Gasteiger partial charge in [-0.3, -0.25) is 0 Å². The maximum atomic E-state index is 11.6. The summed E-state index contributed by atoms with van der Waals surface area (Å²) in [6.07, 6.45) is 6.34. The molecule has 0 saturated heterocycles. The minimum Gasteiger partial charge on any atom is -0.215 e. The van der Waals surface area contributed by atoms with Crippen LogP contribution in [-0.2, 0) is 15.8 Å². The van der Waals surface area contributed by atoms with Crippen LogP contribution in [0.1, 0.15) is 18.4 Å². The summed E-state index contributed by atoms with van der Waals surface area (Å²) >= 11 is 0. The summed E-state index contributed by atoms with van der Waals surface area (Å²) < 4.78 is 25.7. The normalized spacial score (nSPS) is 10.9. The van der Waals surface area contributed by atoms with Crippen LogP contribution < -0.4 is 4.72 Å². The first-order chi connectivity index (χ1) is 7.64. The van der Waals surface area contributed by atoms with Gasteiger partial charge in [-0.1, -0.05) is 30.3 Å². The molecule has 1 aromatic carbocycles. The summed E-state index contributed by atoms with van der Waals surface area (Å²) in [6, 6.07) is 9.09. The summed E-state index contributed by atoms with van der Waals surface area (Å²) in [5, 5.41) is 0. The van der Waals surface area contributed by atoms with Gasteiger partial charge in [-0.25, -0.2) is 13.1 Å². The SMILES string of the molecule is C#CCCCNS(=O)(=O)Cc1ccccc1. The molecule has 0 heterocycles. The molecule has 0 aliphatic carbocycles. The molecule has 0 atom stereocenters. The van der Waals surface area contributed by atoms with Gasteiger partial charge in [0.15, 0.2) is 0 Å². The Bertz CT molecular complexity index is 446. The van der Waals surface area contributed by atoms with Gasteiger partial charge in [0.25, 0.3) is 0 Å². The highest BCUT2D eigenvalue weighted by Gasteiger charge is 2.09. The van der Waals surface area contributed by atoms with Gasteiger partial charge >= 0.3 is 0 Å². The fraction of sp³-hybridized carbons (Fsp3) is 0.333. The van der Waals surface area contributed by atoms with Crippen molar-refractivity contribution in [3.8, 4) is 12.3 Å². The van der Waals surface area contributed by atoms with E-state index in [9.17, 15) is 8.42 Å². The van der Waals surface area contributed by atoms with Crippen molar-refractivity contribution < 1.29 is 8.42 Å². The Morgan fingerprint density at radius 1 is 1.25 bits per heavy atom. The molecule has 0 fully saturated rings. The lowest BCUT2D eigenvalue weighted by Crippen LogP contribution is -2.26. The van der Waals surface area contributed by atoms with Crippen molar-refractivity contribution in [1.82, 2.24) is 4.72 Å². The lowest BCUT2D eigenvalue weighted by atomic mass is 10.2. The topological polar surface area (TPSA) is 46.2 Å². The molecule has 0 saturated carbocycles. The quantitative estimate of drug-likeness (QED) is 0.602. The summed E-state index contributed by atoms with van der Waals surface area (Å²) in [5.74, 6) is 2.49. The zero-order valence-electron chi connectivity index (χ0n) is 9.02. The van der Waals surface area contributed by atoms with E-state index in [2.05, 4.69) is 10.6 Å². The maximum Gasteiger partial charge on any atom is 0.215 e. The molecule has 4 heteroatoms. The minimum absolute atomic E-state index is 0.0178. The fourth-order valence-electron chi connectivity index (χ4n) is 1.26. The van der Waals surface area contributed by atoms with Gasteiger partial charge in [0, 0.05) is 13.0 Å². The zero-order valence-corrected chi connectivity index (χ0v) is 9.83. The van der Waals surface area contributed by atoms with E-state index in [0.717, 1.165) is 5.56 Å². The highest BCUT2D eigenvalue weighted by Crippen LogP contribution is 2.03.